The van der Waals surface area contributed by atoms with E-state index in [1.54, 1.807) is 0 Å². The van der Waals surface area contributed by atoms with Crippen LogP contribution >= 0.6 is 15.9 Å². The summed E-state index contributed by atoms with van der Waals surface area (Å²) < 4.78 is 13.4. The van der Waals surface area contributed by atoms with Gasteiger partial charge in [0.05, 0.1) is 0 Å². The van der Waals surface area contributed by atoms with E-state index in [4.69, 9.17) is 0 Å². The minimum Gasteiger partial charge on any atom is -0.505 e. The number of carbonyl (C=O) groups is 1. The van der Waals surface area contributed by atoms with Gasteiger partial charge in [-0.2, -0.15) is 0 Å². The number of ketones is 1. The molecule has 1 N–H and O–H groups in total. The van der Waals surface area contributed by atoms with Gasteiger partial charge in [-0.1, -0.05) is 15.9 Å². The molecule has 0 atom stereocenters. The summed E-state index contributed by atoms with van der Waals surface area (Å²) in [7, 11) is 0. The second-order valence-electron chi connectivity index (χ2n) is 2.74. The summed E-state index contributed by atoms with van der Waals surface area (Å²) in [6.07, 6.45) is 0.0319. The highest BCUT2D eigenvalue weighted by Crippen LogP contribution is 2.29. The maximum Gasteiger partial charge on any atom is 0.165 e. The number of phenolic OH excluding ortho intramolecular Hbond substituents is 1. The van der Waals surface area contributed by atoms with Crippen molar-refractivity contribution in [2.75, 3.05) is 0 Å². The molecule has 0 aliphatic carbocycles. The Morgan fingerprint density at radius 1 is 1.62 bits per heavy atom. The molecule has 1 rings (SSSR count). The zero-order valence-electron chi connectivity index (χ0n) is 6.97. The lowest BCUT2D eigenvalue weighted by molar-refractivity contribution is -0.116. The van der Waals surface area contributed by atoms with Crippen LogP contribution in [0.15, 0.2) is 16.6 Å². The minimum atomic E-state index is -0.709. The van der Waals surface area contributed by atoms with Gasteiger partial charge in [-0.05, 0) is 19.1 Å². The van der Waals surface area contributed by atoms with Crippen molar-refractivity contribution in [1.82, 2.24) is 0 Å². The Labute approximate surface area is 83.5 Å². The smallest absolute Gasteiger partial charge is 0.165 e. The molecule has 0 fully saturated rings. The lowest BCUT2D eigenvalue weighted by Gasteiger charge is -2.05. The number of carbonyl (C=O) groups excluding carboxylic acids is 1. The highest BCUT2D eigenvalue weighted by molar-refractivity contribution is 9.10. The molecule has 0 unspecified atom stereocenters. The van der Waals surface area contributed by atoms with Crippen molar-refractivity contribution in [3.05, 3.63) is 28.0 Å². The summed E-state index contributed by atoms with van der Waals surface area (Å²) in [6.45, 7) is 1.39. The highest BCUT2D eigenvalue weighted by atomic mass is 79.9. The first kappa shape index (κ1) is 10.2. The number of hydrogen-bond donors (Lipinski definition) is 1. The van der Waals surface area contributed by atoms with E-state index in [0.717, 1.165) is 6.07 Å². The first-order valence-electron chi connectivity index (χ1n) is 3.67. The maximum absolute atomic E-state index is 12.8. The van der Waals surface area contributed by atoms with E-state index in [1.807, 2.05) is 0 Å². The summed E-state index contributed by atoms with van der Waals surface area (Å²) in [5.74, 6) is -1.29. The fraction of sp³-hybridized carbons (Fsp3) is 0.222. The number of benzene rings is 1. The van der Waals surface area contributed by atoms with Gasteiger partial charge in [-0.3, -0.25) is 4.79 Å². The molecule has 13 heavy (non-hydrogen) atoms. The first-order valence-corrected chi connectivity index (χ1v) is 4.47. The fourth-order valence-corrected chi connectivity index (χ4v) is 1.46. The van der Waals surface area contributed by atoms with Crippen LogP contribution in [0.25, 0.3) is 0 Å². The monoisotopic (exact) mass is 246 g/mol. The molecule has 0 aromatic heterocycles. The molecule has 0 amide bonds. The second kappa shape index (κ2) is 3.87. The Kier molecular flexibility index (Phi) is 3.03. The Morgan fingerprint density at radius 2 is 2.23 bits per heavy atom. The topological polar surface area (TPSA) is 37.3 Å². The average molecular weight is 247 g/mol. The van der Waals surface area contributed by atoms with Gasteiger partial charge in [0.1, 0.15) is 5.78 Å². The van der Waals surface area contributed by atoms with Crippen molar-refractivity contribution in [2.24, 2.45) is 0 Å². The largest absolute Gasteiger partial charge is 0.505 e. The van der Waals surface area contributed by atoms with E-state index in [2.05, 4.69) is 15.9 Å². The maximum atomic E-state index is 12.8. The zero-order valence-corrected chi connectivity index (χ0v) is 8.56. The minimum absolute atomic E-state index is 0.0319. The quantitative estimate of drug-likeness (QED) is 0.871. The van der Waals surface area contributed by atoms with Crippen LogP contribution in [0.1, 0.15) is 12.5 Å². The number of rotatable bonds is 2. The summed E-state index contributed by atoms with van der Waals surface area (Å²) in [6, 6.07) is 2.61. The molecule has 0 radical (unpaired) electrons. The van der Waals surface area contributed by atoms with Crippen molar-refractivity contribution in [3.8, 4) is 5.75 Å². The summed E-state index contributed by atoms with van der Waals surface area (Å²) >= 11 is 3.13. The molecule has 0 bridgehead atoms. The van der Waals surface area contributed by atoms with Crippen molar-refractivity contribution in [3.63, 3.8) is 0 Å². The molecule has 0 saturated carbocycles. The Bertz CT molecular complexity index is 350. The van der Waals surface area contributed by atoms with Gasteiger partial charge in [0.25, 0.3) is 0 Å². The third-order valence-corrected chi connectivity index (χ3v) is 2.35. The predicted molar refractivity (Wildman–Crippen MR) is 50.1 cm³/mol. The molecule has 1 aromatic rings. The molecule has 70 valence electrons. The molecule has 0 saturated heterocycles. The molecule has 2 nitrogen and oxygen atoms in total. The number of halogens is 2. The number of aromatic hydroxyl groups is 1. The summed E-state index contributed by atoms with van der Waals surface area (Å²) in [4.78, 5) is 10.8. The third-order valence-electron chi connectivity index (χ3n) is 1.60. The van der Waals surface area contributed by atoms with Crippen LogP contribution in [0.3, 0.4) is 0 Å². The molecule has 1 aromatic carbocycles. The predicted octanol–water partition coefficient (Wildman–Crippen LogP) is 2.43. The second-order valence-corrected chi connectivity index (χ2v) is 3.59. The molecular weight excluding hydrogens is 239 g/mol. The lowest BCUT2D eigenvalue weighted by Crippen LogP contribution is -1.98. The third kappa shape index (κ3) is 2.28. The SMILES string of the molecule is CC(=O)Cc1c(Br)ccc(F)c1O. The van der Waals surface area contributed by atoms with E-state index in [1.165, 1.54) is 13.0 Å². The van der Waals surface area contributed by atoms with Crippen molar-refractivity contribution < 1.29 is 14.3 Å². The first-order chi connectivity index (χ1) is 6.02. The van der Waals surface area contributed by atoms with Crippen LogP contribution in [0.5, 0.6) is 5.75 Å². The van der Waals surface area contributed by atoms with Crippen LogP contribution in [0.4, 0.5) is 4.39 Å². The van der Waals surface area contributed by atoms with Crippen LogP contribution < -0.4 is 0 Å². The molecule has 0 spiro atoms. The van der Waals surface area contributed by atoms with E-state index in [-0.39, 0.29) is 12.2 Å². The molecule has 0 heterocycles. The average Bonchev–Trinajstić information content (AvgIpc) is 2.05. The van der Waals surface area contributed by atoms with E-state index in [0.29, 0.717) is 10.0 Å². The van der Waals surface area contributed by atoms with Crippen molar-refractivity contribution >= 4 is 21.7 Å². The van der Waals surface area contributed by atoms with Gasteiger partial charge in [0, 0.05) is 16.5 Å². The van der Waals surface area contributed by atoms with E-state index < -0.39 is 11.6 Å². The van der Waals surface area contributed by atoms with E-state index in [9.17, 15) is 14.3 Å². The van der Waals surface area contributed by atoms with Crippen LogP contribution in [0.2, 0.25) is 0 Å². The Hall–Kier alpha value is -0.900. The Balaban J connectivity index is 3.17. The number of Topliss-reactive ketones (excluding diaryl/α,β-unsaturated/α-hetero) is 1. The fourth-order valence-electron chi connectivity index (χ4n) is 1.00. The standard InChI is InChI=1S/C9H8BrFO2/c1-5(12)4-6-7(10)2-3-8(11)9(6)13/h2-3,13H,4H2,1H3. The molecule has 4 heteroatoms. The van der Waals surface area contributed by atoms with Crippen molar-refractivity contribution in [1.29, 1.82) is 0 Å². The zero-order chi connectivity index (χ0) is 10.0. The lowest BCUT2D eigenvalue weighted by atomic mass is 10.1. The van der Waals surface area contributed by atoms with Crippen molar-refractivity contribution in [2.45, 2.75) is 13.3 Å². The van der Waals surface area contributed by atoms with Crippen LogP contribution in [0, 0.1) is 5.82 Å². The van der Waals surface area contributed by atoms with Gasteiger partial charge in [-0.25, -0.2) is 4.39 Å². The molecule has 0 aliphatic rings. The van der Waals surface area contributed by atoms with Gasteiger partial charge in [0.15, 0.2) is 11.6 Å². The highest BCUT2D eigenvalue weighted by Gasteiger charge is 2.12. The van der Waals surface area contributed by atoms with Gasteiger partial charge in [0.2, 0.25) is 0 Å². The Morgan fingerprint density at radius 3 is 2.77 bits per heavy atom. The van der Waals surface area contributed by atoms with Crippen LogP contribution in [-0.2, 0) is 11.2 Å². The van der Waals surface area contributed by atoms with Gasteiger partial charge in [-0.15, -0.1) is 0 Å². The summed E-state index contributed by atoms with van der Waals surface area (Å²) in [5.41, 5.74) is 0.299. The van der Waals surface area contributed by atoms with Gasteiger partial charge >= 0.3 is 0 Å². The number of hydrogen-bond acceptors (Lipinski definition) is 2. The molecular formula is C9H8BrFO2. The van der Waals surface area contributed by atoms with Gasteiger partial charge < -0.3 is 5.11 Å². The molecule has 0 aliphatic heterocycles. The van der Waals surface area contributed by atoms with Crippen LogP contribution in [-0.4, -0.2) is 10.9 Å². The number of phenols is 1. The summed E-state index contributed by atoms with van der Waals surface area (Å²) in [5, 5.41) is 9.27. The van der Waals surface area contributed by atoms with E-state index >= 15 is 0 Å². The normalized spacial score (nSPS) is 10.1.